The first-order valence-corrected chi connectivity index (χ1v) is 7.99. The van der Waals surface area contributed by atoms with Crippen molar-refractivity contribution in [3.05, 3.63) is 60.2 Å². The number of nitrogens with zero attached hydrogens (tertiary/aromatic N) is 4. The number of rotatable bonds is 6. The number of amides is 1. The number of carbonyl (C=O) groups excluding carboxylic acids is 1. The molecule has 0 fully saturated rings. The Labute approximate surface area is 146 Å². The van der Waals surface area contributed by atoms with Crippen LogP contribution < -0.4 is 10.2 Å². The molecule has 25 heavy (non-hydrogen) atoms. The Hall–Kier alpha value is -3.22. The molecular formula is C18H20N6O. The standard InChI is InChI=1S/C18H20N6O/c1-24(2)17-5-3-13(4-6-17)14-9-15(11-19-10-14)18(25)20-8-7-16-12-21-23-22-16/h3-6,9-12H,7-8H2,1-2H3,(H,20,25)(H,21,22,23). The van der Waals surface area contributed by atoms with Crippen molar-refractivity contribution in [2.75, 3.05) is 25.5 Å². The Morgan fingerprint density at radius 3 is 2.60 bits per heavy atom. The average Bonchev–Trinajstić information content (AvgIpc) is 3.15. The first-order valence-electron chi connectivity index (χ1n) is 7.99. The van der Waals surface area contributed by atoms with Gasteiger partial charge in [0, 0.05) is 50.7 Å². The summed E-state index contributed by atoms with van der Waals surface area (Å²) >= 11 is 0. The van der Waals surface area contributed by atoms with Crippen molar-refractivity contribution in [2.24, 2.45) is 0 Å². The van der Waals surface area contributed by atoms with Crippen LogP contribution in [0.15, 0.2) is 48.9 Å². The molecule has 0 saturated heterocycles. The number of H-pyrrole nitrogens is 1. The second kappa shape index (κ2) is 7.57. The van der Waals surface area contributed by atoms with E-state index in [0.717, 1.165) is 22.5 Å². The molecule has 3 aromatic rings. The molecule has 0 spiro atoms. The Morgan fingerprint density at radius 1 is 1.12 bits per heavy atom. The molecule has 1 amide bonds. The number of anilines is 1. The molecule has 0 saturated carbocycles. The second-order valence-corrected chi connectivity index (χ2v) is 5.87. The third-order valence-electron chi connectivity index (χ3n) is 3.85. The van der Waals surface area contributed by atoms with Crippen LogP contribution in [0.4, 0.5) is 5.69 Å². The van der Waals surface area contributed by atoms with Gasteiger partial charge in [-0.05, 0) is 23.8 Å². The fraction of sp³-hybridized carbons (Fsp3) is 0.222. The fourth-order valence-corrected chi connectivity index (χ4v) is 2.43. The zero-order valence-corrected chi connectivity index (χ0v) is 14.2. The molecule has 1 aromatic carbocycles. The fourth-order valence-electron chi connectivity index (χ4n) is 2.43. The van der Waals surface area contributed by atoms with Gasteiger partial charge in [0.2, 0.25) is 0 Å². The van der Waals surface area contributed by atoms with E-state index in [1.54, 1.807) is 18.6 Å². The minimum Gasteiger partial charge on any atom is -0.378 e. The minimum absolute atomic E-state index is 0.150. The Morgan fingerprint density at radius 2 is 1.92 bits per heavy atom. The van der Waals surface area contributed by atoms with E-state index in [2.05, 4.69) is 25.7 Å². The van der Waals surface area contributed by atoms with Gasteiger partial charge in [-0.3, -0.25) is 9.78 Å². The average molecular weight is 336 g/mol. The molecule has 0 bridgehead atoms. The van der Waals surface area contributed by atoms with E-state index >= 15 is 0 Å². The Balaban J connectivity index is 1.66. The van der Waals surface area contributed by atoms with Gasteiger partial charge >= 0.3 is 0 Å². The van der Waals surface area contributed by atoms with Crippen LogP contribution in [0, 0.1) is 0 Å². The molecule has 2 aromatic heterocycles. The number of aromatic amines is 1. The van der Waals surface area contributed by atoms with E-state index in [4.69, 9.17) is 0 Å². The van der Waals surface area contributed by atoms with Crippen LogP contribution in [0.2, 0.25) is 0 Å². The van der Waals surface area contributed by atoms with Gasteiger partial charge in [0.1, 0.15) is 0 Å². The highest BCUT2D eigenvalue weighted by atomic mass is 16.1. The maximum atomic E-state index is 12.3. The van der Waals surface area contributed by atoms with E-state index < -0.39 is 0 Å². The highest BCUT2D eigenvalue weighted by Crippen LogP contribution is 2.22. The third kappa shape index (κ3) is 4.20. The highest BCUT2D eigenvalue weighted by molar-refractivity contribution is 5.95. The lowest BCUT2D eigenvalue weighted by atomic mass is 10.1. The summed E-state index contributed by atoms with van der Waals surface area (Å²) in [6.45, 7) is 0.493. The van der Waals surface area contributed by atoms with E-state index in [-0.39, 0.29) is 5.91 Å². The van der Waals surface area contributed by atoms with E-state index in [9.17, 15) is 4.79 Å². The summed E-state index contributed by atoms with van der Waals surface area (Å²) in [4.78, 5) is 18.5. The first-order chi connectivity index (χ1) is 12.1. The minimum atomic E-state index is -0.150. The molecule has 7 heteroatoms. The Kier molecular flexibility index (Phi) is 5.03. The van der Waals surface area contributed by atoms with E-state index in [0.29, 0.717) is 18.5 Å². The van der Waals surface area contributed by atoms with Crippen molar-refractivity contribution >= 4 is 11.6 Å². The highest BCUT2D eigenvalue weighted by Gasteiger charge is 2.08. The van der Waals surface area contributed by atoms with Gasteiger partial charge < -0.3 is 10.2 Å². The monoisotopic (exact) mass is 336 g/mol. The largest absolute Gasteiger partial charge is 0.378 e. The van der Waals surface area contributed by atoms with Crippen molar-refractivity contribution in [3.63, 3.8) is 0 Å². The number of carbonyl (C=O) groups is 1. The smallest absolute Gasteiger partial charge is 0.252 e. The van der Waals surface area contributed by atoms with E-state index in [1.807, 2.05) is 49.3 Å². The molecule has 0 aliphatic heterocycles. The lowest BCUT2D eigenvalue weighted by Crippen LogP contribution is -2.25. The molecule has 2 N–H and O–H groups in total. The number of hydrogen-bond donors (Lipinski definition) is 2. The molecule has 0 radical (unpaired) electrons. The van der Waals surface area contributed by atoms with Crippen molar-refractivity contribution in [2.45, 2.75) is 6.42 Å². The Bertz CT molecular complexity index is 827. The molecule has 7 nitrogen and oxygen atoms in total. The van der Waals surface area contributed by atoms with Gasteiger partial charge in [0.25, 0.3) is 5.91 Å². The summed E-state index contributed by atoms with van der Waals surface area (Å²) in [5.41, 5.74) is 4.41. The summed E-state index contributed by atoms with van der Waals surface area (Å²) in [5.74, 6) is -0.150. The molecule has 0 unspecified atom stereocenters. The molecular weight excluding hydrogens is 316 g/mol. The van der Waals surface area contributed by atoms with Crippen molar-refractivity contribution < 1.29 is 4.79 Å². The topological polar surface area (TPSA) is 86.8 Å². The predicted octanol–water partition coefficient (Wildman–Crippen LogP) is 1.91. The van der Waals surface area contributed by atoms with Gasteiger partial charge in [-0.2, -0.15) is 15.4 Å². The van der Waals surface area contributed by atoms with Crippen LogP contribution in [0.25, 0.3) is 11.1 Å². The van der Waals surface area contributed by atoms with Gasteiger partial charge in [-0.25, -0.2) is 0 Å². The van der Waals surface area contributed by atoms with Crippen LogP contribution >= 0.6 is 0 Å². The van der Waals surface area contributed by atoms with Crippen LogP contribution in [0.1, 0.15) is 16.1 Å². The normalized spacial score (nSPS) is 10.5. The summed E-state index contributed by atoms with van der Waals surface area (Å²) in [5, 5.41) is 13.1. The predicted molar refractivity (Wildman–Crippen MR) is 96.4 cm³/mol. The quantitative estimate of drug-likeness (QED) is 0.718. The summed E-state index contributed by atoms with van der Waals surface area (Å²) in [7, 11) is 4.00. The van der Waals surface area contributed by atoms with Crippen LogP contribution in [0.3, 0.4) is 0 Å². The summed E-state index contributed by atoms with van der Waals surface area (Å²) < 4.78 is 0. The lowest BCUT2D eigenvalue weighted by molar-refractivity contribution is 0.0953. The zero-order chi connectivity index (χ0) is 17.6. The molecule has 3 rings (SSSR count). The second-order valence-electron chi connectivity index (χ2n) is 5.87. The van der Waals surface area contributed by atoms with Gasteiger partial charge in [0.05, 0.1) is 17.5 Å². The van der Waals surface area contributed by atoms with Crippen molar-refractivity contribution in [1.82, 2.24) is 25.7 Å². The SMILES string of the molecule is CN(C)c1ccc(-c2cncc(C(=O)NCCc3cn[nH]n3)c2)cc1. The number of hydrogen-bond acceptors (Lipinski definition) is 5. The third-order valence-corrected chi connectivity index (χ3v) is 3.85. The zero-order valence-electron chi connectivity index (χ0n) is 14.2. The maximum Gasteiger partial charge on any atom is 0.252 e. The lowest BCUT2D eigenvalue weighted by Gasteiger charge is -2.13. The first kappa shape index (κ1) is 16.6. The molecule has 2 heterocycles. The number of nitrogens with one attached hydrogen (secondary N) is 2. The maximum absolute atomic E-state index is 12.3. The number of benzene rings is 1. The van der Waals surface area contributed by atoms with Crippen LogP contribution in [0.5, 0.6) is 0 Å². The summed E-state index contributed by atoms with van der Waals surface area (Å²) in [6, 6.07) is 9.99. The summed E-state index contributed by atoms with van der Waals surface area (Å²) in [6.07, 6.45) is 5.60. The molecule has 0 aliphatic carbocycles. The van der Waals surface area contributed by atoms with Gasteiger partial charge in [0.15, 0.2) is 0 Å². The van der Waals surface area contributed by atoms with E-state index in [1.165, 1.54) is 0 Å². The number of aromatic nitrogens is 4. The van der Waals surface area contributed by atoms with Crippen LogP contribution in [-0.4, -0.2) is 46.9 Å². The van der Waals surface area contributed by atoms with Crippen molar-refractivity contribution in [3.8, 4) is 11.1 Å². The van der Waals surface area contributed by atoms with Gasteiger partial charge in [-0.1, -0.05) is 12.1 Å². The molecule has 128 valence electrons. The van der Waals surface area contributed by atoms with Crippen LogP contribution in [-0.2, 0) is 6.42 Å². The molecule has 0 aliphatic rings. The van der Waals surface area contributed by atoms with Crippen molar-refractivity contribution in [1.29, 1.82) is 0 Å². The number of pyridine rings is 1. The molecule has 0 atom stereocenters. The van der Waals surface area contributed by atoms with Gasteiger partial charge in [-0.15, -0.1) is 0 Å².